The number of carbonyl (C=O) groups excluding carboxylic acids is 2. The van der Waals surface area contributed by atoms with E-state index in [1.165, 1.54) is 0 Å². The lowest BCUT2D eigenvalue weighted by molar-refractivity contribution is 0.102. The number of rotatable bonds is 12. The molecule has 4 aromatic rings. The van der Waals surface area contributed by atoms with Gasteiger partial charge in [0.05, 0.1) is 35.7 Å². The molecule has 4 rings (SSSR count). The maximum atomic E-state index is 12.9. The molecule has 3 amide bonds. The van der Waals surface area contributed by atoms with Gasteiger partial charge in [0.25, 0.3) is 5.91 Å². The van der Waals surface area contributed by atoms with Gasteiger partial charge in [0.15, 0.2) is 0 Å². The summed E-state index contributed by atoms with van der Waals surface area (Å²) in [6.07, 6.45) is 8.91. The minimum absolute atomic E-state index is 0.235. The molecule has 0 bridgehead atoms. The van der Waals surface area contributed by atoms with E-state index in [-0.39, 0.29) is 11.9 Å². The lowest BCUT2D eigenvalue weighted by atomic mass is 10.2. The standard InChI is InChI=1S/C29H36N8O2/c1-4-35(5-2)15-8-9-16-36-20-24(18-30-36)32-28(38)23-12-10-13-26(17-23)37-21-25(19-31-37)33-29(39)34-27-14-7-6-11-22(27)3/h6-7,10-14,17-21H,4-5,8-9,15-16H2,1-3H3,(H,32,38)(H2,33,34,39). The Balaban J connectivity index is 1.31. The predicted octanol–water partition coefficient (Wildman–Crippen LogP) is 5.40. The van der Waals surface area contributed by atoms with E-state index in [9.17, 15) is 9.59 Å². The molecule has 0 saturated carbocycles. The lowest BCUT2D eigenvalue weighted by Gasteiger charge is -2.17. The van der Waals surface area contributed by atoms with Gasteiger partial charge in [-0.25, -0.2) is 9.48 Å². The molecular weight excluding hydrogens is 492 g/mol. The number of amides is 3. The quantitative estimate of drug-likeness (QED) is 0.214. The number of carbonyl (C=O) groups is 2. The molecular formula is C29H36N8O2. The molecule has 3 N–H and O–H groups in total. The third kappa shape index (κ3) is 7.78. The number of urea groups is 1. The topological polar surface area (TPSA) is 109 Å². The van der Waals surface area contributed by atoms with Crippen molar-refractivity contribution in [3.8, 4) is 5.69 Å². The Morgan fingerprint density at radius 3 is 2.44 bits per heavy atom. The van der Waals surface area contributed by atoms with Crippen LogP contribution in [0.5, 0.6) is 0 Å². The van der Waals surface area contributed by atoms with E-state index in [1.807, 2.05) is 48.1 Å². The van der Waals surface area contributed by atoms with Gasteiger partial charge in [-0.15, -0.1) is 0 Å². The molecule has 0 aliphatic rings. The van der Waals surface area contributed by atoms with Gasteiger partial charge in [0.2, 0.25) is 0 Å². The summed E-state index contributed by atoms with van der Waals surface area (Å²) in [5.41, 5.74) is 4.07. The number of aryl methyl sites for hydroxylation is 2. The number of nitrogens with zero attached hydrogens (tertiary/aromatic N) is 5. The van der Waals surface area contributed by atoms with Crippen LogP contribution in [0.4, 0.5) is 21.9 Å². The summed E-state index contributed by atoms with van der Waals surface area (Å²) >= 11 is 0. The fourth-order valence-corrected chi connectivity index (χ4v) is 4.22. The third-order valence-electron chi connectivity index (χ3n) is 6.50. The van der Waals surface area contributed by atoms with E-state index >= 15 is 0 Å². The Hall–Kier alpha value is -4.44. The smallest absolute Gasteiger partial charge is 0.319 e. The molecule has 0 spiro atoms. The van der Waals surface area contributed by atoms with Crippen molar-refractivity contribution in [3.63, 3.8) is 0 Å². The zero-order valence-electron chi connectivity index (χ0n) is 22.7. The van der Waals surface area contributed by atoms with Gasteiger partial charge in [-0.05, 0) is 69.2 Å². The minimum atomic E-state index is -0.360. The highest BCUT2D eigenvalue weighted by molar-refractivity contribution is 6.04. The molecule has 10 nitrogen and oxygen atoms in total. The summed E-state index contributed by atoms with van der Waals surface area (Å²) in [6, 6.07) is 14.3. The van der Waals surface area contributed by atoms with E-state index in [0.717, 1.165) is 50.3 Å². The molecule has 0 saturated heterocycles. The van der Waals surface area contributed by atoms with Crippen molar-refractivity contribution in [3.05, 3.63) is 84.4 Å². The van der Waals surface area contributed by atoms with Crippen LogP contribution in [0.1, 0.15) is 42.6 Å². The summed E-state index contributed by atoms with van der Waals surface area (Å²) in [4.78, 5) is 27.7. The average molecular weight is 529 g/mol. The van der Waals surface area contributed by atoms with Gasteiger partial charge >= 0.3 is 6.03 Å². The normalized spacial score (nSPS) is 11.0. The second-order valence-electron chi connectivity index (χ2n) is 9.30. The SMILES string of the molecule is CCN(CC)CCCCn1cc(NC(=O)c2cccc(-n3cc(NC(=O)Nc4ccccc4C)cn3)c2)cn1. The molecule has 2 aromatic carbocycles. The zero-order chi connectivity index (χ0) is 27.6. The molecule has 0 unspecified atom stereocenters. The van der Waals surface area contributed by atoms with Crippen molar-refractivity contribution < 1.29 is 9.59 Å². The Bertz CT molecular complexity index is 1390. The van der Waals surface area contributed by atoms with Crippen LogP contribution in [0.3, 0.4) is 0 Å². The van der Waals surface area contributed by atoms with Crippen LogP contribution in [-0.4, -0.2) is 56.0 Å². The third-order valence-corrected chi connectivity index (χ3v) is 6.50. The van der Waals surface area contributed by atoms with Gasteiger partial charge < -0.3 is 20.9 Å². The van der Waals surface area contributed by atoms with E-state index in [0.29, 0.717) is 22.6 Å². The average Bonchev–Trinajstić information content (AvgIpc) is 3.60. The van der Waals surface area contributed by atoms with Crippen LogP contribution in [0.15, 0.2) is 73.3 Å². The Labute approximate surface area is 229 Å². The first-order chi connectivity index (χ1) is 18.9. The molecule has 39 heavy (non-hydrogen) atoms. The first-order valence-corrected chi connectivity index (χ1v) is 13.3. The number of nitrogens with one attached hydrogen (secondary N) is 3. The van der Waals surface area contributed by atoms with Gasteiger partial charge in [-0.3, -0.25) is 9.48 Å². The fraction of sp³-hybridized carbons (Fsp3) is 0.310. The first kappa shape index (κ1) is 27.6. The Morgan fingerprint density at radius 1 is 0.872 bits per heavy atom. The number of hydrogen-bond donors (Lipinski definition) is 3. The van der Waals surface area contributed by atoms with Gasteiger partial charge in [0.1, 0.15) is 0 Å². The molecule has 204 valence electrons. The largest absolute Gasteiger partial charge is 0.323 e. The molecule has 0 radical (unpaired) electrons. The van der Waals surface area contributed by atoms with Crippen molar-refractivity contribution in [2.75, 3.05) is 35.6 Å². The highest BCUT2D eigenvalue weighted by Gasteiger charge is 2.11. The minimum Gasteiger partial charge on any atom is -0.319 e. The zero-order valence-corrected chi connectivity index (χ0v) is 22.7. The van der Waals surface area contributed by atoms with Crippen molar-refractivity contribution in [2.24, 2.45) is 0 Å². The van der Waals surface area contributed by atoms with Gasteiger partial charge in [-0.1, -0.05) is 38.1 Å². The maximum Gasteiger partial charge on any atom is 0.323 e. The van der Waals surface area contributed by atoms with E-state index < -0.39 is 0 Å². The summed E-state index contributed by atoms with van der Waals surface area (Å²) in [5.74, 6) is -0.235. The molecule has 0 aliphatic heterocycles. The molecule has 10 heteroatoms. The highest BCUT2D eigenvalue weighted by Crippen LogP contribution is 2.17. The summed E-state index contributed by atoms with van der Waals surface area (Å²) in [6.45, 7) is 10.3. The second kappa shape index (κ2) is 13.4. The molecule has 0 atom stereocenters. The van der Waals surface area contributed by atoms with Crippen LogP contribution >= 0.6 is 0 Å². The van der Waals surface area contributed by atoms with E-state index in [1.54, 1.807) is 41.5 Å². The van der Waals surface area contributed by atoms with Crippen molar-refractivity contribution in [1.29, 1.82) is 0 Å². The van der Waals surface area contributed by atoms with E-state index in [2.05, 4.69) is 44.9 Å². The highest BCUT2D eigenvalue weighted by atomic mass is 16.2. The molecule has 0 fully saturated rings. The lowest BCUT2D eigenvalue weighted by Crippen LogP contribution is -2.24. The number of benzene rings is 2. The molecule has 0 aliphatic carbocycles. The molecule has 2 aromatic heterocycles. The summed E-state index contributed by atoms with van der Waals surface area (Å²) in [5, 5.41) is 17.2. The number of anilines is 3. The van der Waals surface area contributed by atoms with Crippen LogP contribution in [-0.2, 0) is 6.54 Å². The maximum absolute atomic E-state index is 12.9. The van der Waals surface area contributed by atoms with Crippen molar-refractivity contribution in [2.45, 2.75) is 40.2 Å². The van der Waals surface area contributed by atoms with Crippen LogP contribution in [0.25, 0.3) is 5.69 Å². The van der Waals surface area contributed by atoms with Gasteiger partial charge in [0, 0.05) is 24.0 Å². The summed E-state index contributed by atoms with van der Waals surface area (Å²) in [7, 11) is 0. The van der Waals surface area contributed by atoms with Crippen LogP contribution in [0, 0.1) is 6.92 Å². The fourth-order valence-electron chi connectivity index (χ4n) is 4.22. The van der Waals surface area contributed by atoms with Crippen LogP contribution < -0.4 is 16.0 Å². The number of hydrogen-bond acceptors (Lipinski definition) is 5. The number of unbranched alkanes of at least 4 members (excludes halogenated alkanes) is 1. The predicted molar refractivity (Wildman–Crippen MR) is 155 cm³/mol. The summed E-state index contributed by atoms with van der Waals surface area (Å²) < 4.78 is 3.47. The van der Waals surface area contributed by atoms with Crippen molar-refractivity contribution >= 4 is 29.0 Å². The van der Waals surface area contributed by atoms with Gasteiger partial charge in [-0.2, -0.15) is 10.2 Å². The number of aromatic nitrogens is 4. The molecule has 2 heterocycles. The Morgan fingerprint density at radius 2 is 1.64 bits per heavy atom. The second-order valence-corrected chi connectivity index (χ2v) is 9.30. The first-order valence-electron chi connectivity index (χ1n) is 13.3. The van der Waals surface area contributed by atoms with Crippen LogP contribution in [0.2, 0.25) is 0 Å². The monoisotopic (exact) mass is 528 g/mol. The van der Waals surface area contributed by atoms with E-state index in [4.69, 9.17) is 0 Å². The number of para-hydroxylation sites is 1. The Kier molecular flexibility index (Phi) is 9.47. The van der Waals surface area contributed by atoms with Crippen molar-refractivity contribution in [1.82, 2.24) is 24.5 Å².